The van der Waals surface area contributed by atoms with E-state index in [1.54, 1.807) is 0 Å². The number of nitrogens with one attached hydrogen (secondary N) is 1. The lowest BCUT2D eigenvalue weighted by Gasteiger charge is -2.25. The van der Waals surface area contributed by atoms with E-state index in [4.69, 9.17) is 0 Å². The first-order valence-electron chi connectivity index (χ1n) is 6.79. The number of rotatable bonds is 7. The van der Waals surface area contributed by atoms with Gasteiger partial charge in [0.25, 0.3) is 0 Å². The van der Waals surface area contributed by atoms with E-state index in [2.05, 4.69) is 24.1 Å². The van der Waals surface area contributed by atoms with E-state index in [9.17, 15) is 4.79 Å². The van der Waals surface area contributed by atoms with Crippen LogP contribution in [0, 0.1) is 5.92 Å². The number of unbranched alkanes of at least 4 members (excludes halogenated alkanes) is 2. The Bertz CT molecular complexity index is 198. The molecule has 0 aromatic heterocycles. The highest BCUT2D eigenvalue weighted by Gasteiger charge is 2.26. The van der Waals surface area contributed by atoms with Crippen molar-refractivity contribution >= 4 is 18.3 Å². The highest BCUT2D eigenvalue weighted by atomic mass is 35.5. The number of amides is 1. The molecule has 1 N–H and O–H groups in total. The number of hydrogen-bond donors (Lipinski definition) is 1. The third-order valence-electron chi connectivity index (χ3n) is 3.28. The van der Waals surface area contributed by atoms with Crippen LogP contribution in [0.5, 0.6) is 0 Å². The van der Waals surface area contributed by atoms with E-state index in [1.807, 2.05) is 0 Å². The number of hydrogen-bond acceptors (Lipinski definition) is 2. The average Bonchev–Trinajstić information content (AvgIpc) is 2.82. The summed E-state index contributed by atoms with van der Waals surface area (Å²) in [6, 6.07) is 0. The van der Waals surface area contributed by atoms with Gasteiger partial charge in [0, 0.05) is 19.6 Å². The van der Waals surface area contributed by atoms with E-state index in [0.717, 1.165) is 45.4 Å². The molecule has 0 aliphatic carbocycles. The number of carbonyl (C=O) groups excluding carboxylic acids is 1. The van der Waals surface area contributed by atoms with Gasteiger partial charge in [-0.15, -0.1) is 12.4 Å². The zero-order valence-corrected chi connectivity index (χ0v) is 12.0. The summed E-state index contributed by atoms with van der Waals surface area (Å²) in [7, 11) is 0. The Morgan fingerprint density at radius 1 is 1.24 bits per heavy atom. The zero-order valence-electron chi connectivity index (χ0n) is 11.2. The Kier molecular flexibility index (Phi) is 9.56. The molecule has 0 radical (unpaired) electrons. The summed E-state index contributed by atoms with van der Waals surface area (Å²) in [5.41, 5.74) is 0. The number of halogens is 1. The SMILES string of the molecule is CCCCN(CCCC)C(=O)C1CCNC1.Cl. The van der Waals surface area contributed by atoms with Crippen molar-refractivity contribution in [2.24, 2.45) is 5.92 Å². The molecule has 4 heteroatoms. The van der Waals surface area contributed by atoms with E-state index < -0.39 is 0 Å². The van der Waals surface area contributed by atoms with E-state index in [-0.39, 0.29) is 18.3 Å². The summed E-state index contributed by atoms with van der Waals surface area (Å²) in [5, 5.41) is 3.27. The molecule has 0 spiro atoms. The van der Waals surface area contributed by atoms with Crippen molar-refractivity contribution < 1.29 is 4.79 Å². The lowest BCUT2D eigenvalue weighted by atomic mass is 10.1. The van der Waals surface area contributed by atoms with Crippen LogP contribution in [-0.4, -0.2) is 37.0 Å². The summed E-state index contributed by atoms with van der Waals surface area (Å²) in [4.78, 5) is 14.3. The Morgan fingerprint density at radius 2 is 1.82 bits per heavy atom. The van der Waals surface area contributed by atoms with Crippen LogP contribution >= 0.6 is 12.4 Å². The van der Waals surface area contributed by atoms with Gasteiger partial charge in [0.2, 0.25) is 5.91 Å². The molecule has 0 aromatic carbocycles. The summed E-state index contributed by atoms with van der Waals surface area (Å²) in [6.45, 7) is 8.15. The summed E-state index contributed by atoms with van der Waals surface area (Å²) < 4.78 is 0. The minimum atomic E-state index is 0. The van der Waals surface area contributed by atoms with Gasteiger partial charge < -0.3 is 10.2 Å². The number of carbonyl (C=O) groups is 1. The number of nitrogens with zero attached hydrogens (tertiary/aromatic N) is 1. The van der Waals surface area contributed by atoms with Gasteiger partial charge in [-0.3, -0.25) is 4.79 Å². The van der Waals surface area contributed by atoms with Crippen LogP contribution in [0.4, 0.5) is 0 Å². The molecule has 1 aliphatic heterocycles. The normalized spacial score (nSPS) is 18.8. The maximum atomic E-state index is 12.2. The maximum Gasteiger partial charge on any atom is 0.227 e. The Morgan fingerprint density at radius 3 is 2.24 bits per heavy atom. The summed E-state index contributed by atoms with van der Waals surface area (Å²) in [5.74, 6) is 0.626. The van der Waals surface area contributed by atoms with Crippen molar-refractivity contribution in [3.8, 4) is 0 Å². The standard InChI is InChI=1S/C13H26N2O.ClH/c1-3-5-9-15(10-6-4-2)13(16)12-7-8-14-11-12;/h12,14H,3-11H2,1-2H3;1H. The lowest BCUT2D eigenvalue weighted by molar-refractivity contribution is -0.135. The third-order valence-corrected chi connectivity index (χ3v) is 3.28. The largest absolute Gasteiger partial charge is 0.342 e. The van der Waals surface area contributed by atoms with Crippen molar-refractivity contribution in [1.29, 1.82) is 0 Å². The predicted molar refractivity (Wildman–Crippen MR) is 74.6 cm³/mol. The van der Waals surface area contributed by atoms with Gasteiger partial charge in [-0.25, -0.2) is 0 Å². The fraction of sp³-hybridized carbons (Fsp3) is 0.923. The van der Waals surface area contributed by atoms with Crippen LogP contribution in [0.3, 0.4) is 0 Å². The van der Waals surface area contributed by atoms with E-state index in [0.29, 0.717) is 5.91 Å². The second-order valence-electron chi connectivity index (χ2n) is 4.72. The molecular formula is C13H27ClN2O. The van der Waals surface area contributed by atoms with Crippen molar-refractivity contribution in [2.75, 3.05) is 26.2 Å². The van der Waals surface area contributed by atoms with E-state index in [1.165, 1.54) is 12.8 Å². The van der Waals surface area contributed by atoms with Crippen LogP contribution in [0.25, 0.3) is 0 Å². The Balaban J connectivity index is 0.00000256. The molecule has 1 unspecified atom stereocenters. The molecule has 1 heterocycles. The first-order chi connectivity index (χ1) is 7.79. The molecule has 17 heavy (non-hydrogen) atoms. The molecule has 1 saturated heterocycles. The molecule has 0 saturated carbocycles. The molecular weight excluding hydrogens is 236 g/mol. The van der Waals surface area contributed by atoms with Crippen molar-refractivity contribution in [3.05, 3.63) is 0 Å². The molecule has 3 nitrogen and oxygen atoms in total. The highest BCUT2D eigenvalue weighted by molar-refractivity contribution is 5.85. The monoisotopic (exact) mass is 262 g/mol. The predicted octanol–water partition coefficient (Wildman–Crippen LogP) is 2.45. The van der Waals surface area contributed by atoms with Crippen LogP contribution in [0.1, 0.15) is 46.0 Å². The second kappa shape index (κ2) is 9.72. The minimum Gasteiger partial charge on any atom is -0.342 e. The molecule has 102 valence electrons. The minimum absolute atomic E-state index is 0. The smallest absolute Gasteiger partial charge is 0.227 e. The molecule has 1 amide bonds. The van der Waals surface area contributed by atoms with Gasteiger partial charge >= 0.3 is 0 Å². The van der Waals surface area contributed by atoms with Gasteiger partial charge in [-0.2, -0.15) is 0 Å². The first-order valence-corrected chi connectivity index (χ1v) is 6.79. The molecule has 0 aromatic rings. The molecule has 1 fully saturated rings. The first kappa shape index (κ1) is 16.7. The molecule has 1 atom stereocenters. The zero-order chi connectivity index (χ0) is 11.8. The van der Waals surface area contributed by atoms with Crippen molar-refractivity contribution in [1.82, 2.24) is 10.2 Å². The third kappa shape index (κ3) is 5.73. The van der Waals surface area contributed by atoms with Gasteiger partial charge in [0.1, 0.15) is 0 Å². The van der Waals surface area contributed by atoms with Crippen LogP contribution < -0.4 is 5.32 Å². The van der Waals surface area contributed by atoms with Crippen molar-refractivity contribution in [2.45, 2.75) is 46.0 Å². The maximum absolute atomic E-state index is 12.2. The van der Waals surface area contributed by atoms with Gasteiger partial charge in [0.15, 0.2) is 0 Å². The molecule has 1 rings (SSSR count). The summed E-state index contributed by atoms with van der Waals surface area (Å²) in [6.07, 6.45) is 5.62. The fourth-order valence-corrected chi connectivity index (χ4v) is 2.15. The van der Waals surface area contributed by atoms with Gasteiger partial charge in [-0.1, -0.05) is 26.7 Å². The second-order valence-corrected chi connectivity index (χ2v) is 4.72. The molecule has 1 aliphatic rings. The van der Waals surface area contributed by atoms with Crippen molar-refractivity contribution in [3.63, 3.8) is 0 Å². The Labute approximate surface area is 112 Å². The summed E-state index contributed by atoms with van der Waals surface area (Å²) >= 11 is 0. The quantitative estimate of drug-likeness (QED) is 0.764. The van der Waals surface area contributed by atoms with Gasteiger partial charge in [-0.05, 0) is 25.8 Å². The average molecular weight is 263 g/mol. The Hall–Kier alpha value is -0.280. The molecule has 0 bridgehead atoms. The van der Waals surface area contributed by atoms with Gasteiger partial charge in [0.05, 0.1) is 5.92 Å². The highest BCUT2D eigenvalue weighted by Crippen LogP contribution is 2.13. The topological polar surface area (TPSA) is 32.3 Å². The van der Waals surface area contributed by atoms with Crippen LogP contribution in [0.2, 0.25) is 0 Å². The fourth-order valence-electron chi connectivity index (χ4n) is 2.15. The lowest BCUT2D eigenvalue weighted by Crippen LogP contribution is -2.38. The van der Waals surface area contributed by atoms with Crippen LogP contribution in [0.15, 0.2) is 0 Å². The van der Waals surface area contributed by atoms with E-state index >= 15 is 0 Å². The van der Waals surface area contributed by atoms with Crippen LogP contribution in [-0.2, 0) is 4.79 Å².